The van der Waals surface area contributed by atoms with E-state index in [1.54, 1.807) is 28.3 Å². The Morgan fingerprint density at radius 1 is 1.15 bits per heavy atom. The summed E-state index contributed by atoms with van der Waals surface area (Å²) < 4.78 is 2.05. The Morgan fingerprint density at radius 2 is 1.94 bits per heavy atom. The molecule has 33 heavy (non-hydrogen) atoms. The quantitative estimate of drug-likeness (QED) is 0.441. The first-order valence-corrected chi connectivity index (χ1v) is 10.8. The second kappa shape index (κ2) is 7.52. The van der Waals surface area contributed by atoms with Crippen LogP contribution in [0, 0.1) is 0 Å². The molecule has 1 saturated heterocycles. The molecule has 1 amide bonds. The molecule has 1 fully saturated rings. The van der Waals surface area contributed by atoms with Crippen molar-refractivity contribution in [2.45, 2.75) is 32.0 Å². The van der Waals surface area contributed by atoms with E-state index in [-0.39, 0.29) is 11.9 Å². The fraction of sp³-hybridized carbons (Fsp3) is 0.261. The third-order valence-electron chi connectivity index (χ3n) is 6.20. The van der Waals surface area contributed by atoms with E-state index in [0.29, 0.717) is 19.5 Å². The zero-order valence-electron chi connectivity index (χ0n) is 18.0. The molecule has 10 heteroatoms. The lowest BCUT2D eigenvalue weighted by molar-refractivity contribution is -0.130. The van der Waals surface area contributed by atoms with Crippen molar-refractivity contribution in [2.75, 3.05) is 6.54 Å². The molecule has 2 atom stereocenters. The Morgan fingerprint density at radius 3 is 2.70 bits per heavy atom. The Labute approximate surface area is 188 Å². The number of aliphatic hydroxyl groups is 1. The molecular formula is C23H22N8O2. The second-order valence-corrected chi connectivity index (χ2v) is 8.34. The second-order valence-electron chi connectivity index (χ2n) is 8.34. The lowest BCUT2D eigenvalue weighted by atomic mass is 10.1. The number of benzene rings is 1. The molecule has 1 aliphatic heterocycles. The largest absolute Gasteiger partial charge is 0.391 e. The highest BCUT2D eigenvalue weighted by Gasteiger charge is 2.37. The third-order valence-corrected chi connectivity index (χ3v) is 6.20. The number of aromatic nitrogens is 7. The van der Waals surface area contributed by atoms with Crippen LogP contribution in [0.1, 0.15) is 30.8 Å². The average molecular weight is 442 g/mol. The van der Waals surface area contributed by atoms with Crippen LogP contribution in [-0.4, -0.2) is 62.9 Å². The van der Waals surface area contributed by atoms with Gasteiger partial charge in [-0.1, -0.05) is 24.3 Å². The summed E-state index contributed by atoms with van der Waals surface area (Å²) in [7, 11) is 0. The number of nitrogens with zero attached hydrogens (tertiary/aromatic N) is 7. The summed E-state index contributed by atoms with van der Waals surface area (Å²) in [6, 6.07) is 9.76. The minimum Gasteiger partial charge on any atom is -0.391 e. The van der Waals surface area contributed by atoms with Crippen LogP contribution in [0.5, 0.6) is 0 Å². The zero-order valence-corrected chi connectivity index (χ0v) is 18.0. The molecule has 0 aliphatic carbocycles. The monoisotopic (exact) mass is 442 g/mol. The van der Waals surface area contributed by atoms with Gasteiger partial charge in [0.1, 0.15) is 5.82 Å². The molecule has 0 radical (unpaired) electrons. The molecule has 0 bridgehead atoms. The van der Waals surface area contributed by atoms with Gasteiger partial charge in [0.05, 0.1) is 54.0 Å². The highest BCUT2D eigenvalue weighted by atomic mass is 16.3. The van der Waals surface area contributed by atoms with E-state index in [0.717, 1.165) is 39.3 Å². The normalized spacial score (nSPS) is 18.5. The maximum absolute atomic E-state index is 12.3. The summed E-state index contributed by atoms with van der Waals surface area (Å²) in [5.74, 6) is 0.648. The van der Waals surface area contributed by atoms with E-state index in [1.165, 1.54) is 6.92 Å². The fourth-order valence-electron chi connectivity index (χ4n) is 4.68. The van der Waals surface area contributed by atoms with Crippen molar-refractivity contribution in [3.05, 3.63) is 66.5 Å². The van der Waals surface area contributed by atoms with E-state index in [2.05, 4.69) is 20.2 Å². The van der Waals surface area contributed by atoms with Crippen LogP contribution in [-0.2, 0) is 11.3 Å². The summed E-state index contributed by atoms with van der Waals surface area (Å²) in [4.78, 5) is 28.4. The molecule has 0 spiro atoms. The van der Waals surface area contributed by atoms with Crippen molar-refractivity contribution in [2.24, 2.45) is 0 Å². The number of likely N-dealkylation sites (tertiary alicyclic amines) is 1. The van der Waals surface area contributed by atoms with Gasteiger partial charge in [-0.3, -0.25) is 9.20 Å². The molecule has 2 unspecified atom stereocenters. The summed E-state index contributed by atoms with van der Waals surface area (Å²) in [5, 5.41) is 18.6. The third kappa shape index (κ3) is 3.26. The lowest BCUT2D eigenvalue weighted by Crippen LogP contribution is -2.30. The molecule has 1 aromatic carbocycles. The number of aliphatic hydroxyl groups excluding tert-OH is 1. The Bertz CT molecular complexity index is 1450. The van der Waals surface area contributed by atoms with Gasteiger partial charge in [-0.25, -0.2) is 9.97 Å². The molecule has 5 heterocycles. The number of hydrogen-bond acceptors (Lipinski definition) is 6. The standard InChI is InChI=1S/C23H22N8O2/c1-14(32)29-13-17(33)10-19(29)23-28-21(20-11-25-22-18(31(20)23)6-7-24-22)16-4-2-15(3-5-16)12-30-26-8-9-27-30/h2-9,11,17,19,24,33H,10,12-13H2,1H3. The van der Waals surface area contributed by atoms with Crippen LogP contribution in [0.15, 0.2) is 55.1 Å². The van der Waals surface area contributed by atoms with Crippen molar-refractivity contribution >= 4 is 22.6 Å². The maximum atomic E-state index is 12.3. The highest BCUT2D eigenvalue weighted by Crippen LogP contribution is 2.36. The molecule has 2 N–H and O–H groups in total. The predicted octanol–water partition coefficient (Wildman–Crippen LogP) is 2.17. The van der Waals surface area contributed by atoms with Crippen molar-refractivity contribution in [3.8, 4) is 11.3 Å². The maximum Gasteiger partial charge on any atom is 0.220 e. The zero-order chi connectivity index (χ0) is 22.5. The van der Waals surface area contributed by atoms with E-state index in [9.17, 15) is 9.90 Å². The minimum atomic E-state index is -0.576. The molecule has 5 aromatic rings. The number of aromatic amines is 1. The van der Waals surface area contributed by atoms with Gasteiger partial charge in [0.25, 0.3) is 0 Å². The van der Waals surface area contributed by atoms with Crippen LogP contribution < -0.4 is 0 Å². The van der Waals surface area contributed by atoms with Crippen LogP contribution in [0.2, 0.25) is 0 Å². The van der Waals surface area contributed by atoms with Crippen molar-refractivity contribution < 1.29 is 9.90 Å². The predicted molar refractivity (Wildman–Crippen MR) is 120 cm³/mol. The van der Waals surface area contributed by atoms with E-state index in [1.807, 2.05) is 40.9 Å². The first-order chi connectivity index (χ1) is 16.1. The Balaban J connectivity index is 1.48. The van der Waals surface area contributed by atoms with Crippen LogP contribution in [0.3, 0.4) is 0 Å². The first kappa shape index (κ1) is 19.6. The molecular weight excluding hydrogens is 420 g/mol. The Kier molecular flexibility index (Phi) is 4.47. The van der Waals surface area contributed by atoms with Gasteiger partial charge in [0.15, 0.2) is 5.65 Å². The lowest BCUT2D eigenvalue weighted by Gasteiger charge is -2.22. The number of imidazole rings is 1. The van der Waals surface area contributed by atoms with E-state index >= 15 is 0 Å². The molecule has 10 nitrogen and oxygen atoms in total. The van der Waals surface area contributed by atoms with Crippen molar-refractivity contribution in [1.29, 1.82) is 0 Å². The average Bonchev–Trinajstić information content (AvgIpc) is 3.59. The summed E-state index contributed by atoms with van der Waals surface area (Å²) in [6.45, 7) is 2.42. The van der Waals surface area contributed by atoms with E-state index in [4.69, 9.17) is 4.98 Å². The van der Waals surface area contributed by atoms with Gasteiger partial charge in [-0.2, -0.15) is 15.0 Å². The van der Waals surface area contributed by atoms with Gasteiger partial charge in [-0.05, 0) is 11.6 Å². The van der Waals surface area contributed by atoms with Gasteiger partial charge < -0.3 is 15.0 Å². The van der Waals surface area contributed by atoms with E-state index < -0.39 is 6.10 Å². The number of carbonyl (C=O) groups excluding carboxylic acids is 1. The number of fused-ring (bicyclic) bond motifs is 3. The van der Waals surface area contributed by atoms with Gasteiger partial charge in [0.2, 0.25) is 5.91 Å². The SMILES string of the molecule is CC(=O)N1CC(O)CC1c1nc(-c2ccc(Cn3nccn3)cc2)c2cnc3[nH]ccc3n12. The number of carbonyl (C=O) groups is 1. The number of H-pyrrole nitrogens is 1. The molecule has 4 aromatic heterocycles. The van der Waals surface area contributed by atoms with Crippen LogP contribution >= 0.6 is 0 Å². The number of amides is 1. The number of rotatable bonds is 4. The van der Waals surface area contributed by atoms with Gasteiger partial charge in [0, 0.05) is 31.6 Å². The molecule has 0 saturated carbocycles. The molecule has 166 valence electrons. The highest BCUT2D eigenvalue weighted by molar-refractivity contribution is 5.84. The molecule has 6 rings (SSSR count). The van der Waals surface area contributed by atoms with Crippen molar-refractivity contribution in [1.82, 2.24) is 39.2 Å². The number of hydrogen-bond donors (Lipinski definition) is 2. The summed E-state index contributed by atoms with van der Waals surface area (Å²) in [5.41, 5.74) is 5.28. The summed E-state index contributed by atoms with van der Waals surface area (Å²) in [6.07, 6.45) is 6.83. The smallest absolute Gasteiger partial charge is 0.220 e. The number of β-amino-alcohol motifs (C(OH)–C–C–N with tert-alkyl or cyclic N) is 1. The molecule has 1 aliphatic rings. The minimum absolute atomic E-state index is 0.0780. The van der Waals surface area contributed by atoms with Gasteiger partial charge in [-0.15, -0.1) is 0 Å². The number of nitrogens with one attached hydrogen (secondary N) is 1. The first-order valence-electron chi connectivity index (χ1n) is 10.8. The van der Waals surface area contributed by atoms with Gasteiger partial charge >= 0.3 is 0 Å². The topological polar surface area (TPSA) is 117 Å². The van der Waals surface area contributed by atoms with Crippen LogP contribution in [0.25, 0.3) is 27.9 Å². The Hall–Kier alpha value is -4.05. The van der Waals surface area contributed by atoms with Crippen molar-refractivity contribution in [3.63, 3.8) is 0 Å². The fourth-order valence-corrected chi connectivity index (χ4v) is 4.68. The van der Waals surface area contributed by atoms with Crippen LogP contribution in [0.4, 0.5) is 0 Å². The summed E-state index contributed by atoms with van der Waals surface area (Å²) >= 11 is 0.